The minimum Gasteiger partial charge on any atom is -0.342 e. The zero-order valence-corrected chi connectivity index (χ0v) is 13.0. The highest BCUT2D eigenvalue weighted by molar-refractivity contribution is 5.39. The molecule has 1 atom stereocenters. The number of nitrogens with zero attached hydrogens (tertiary/aromatic N) is 3. The summed E-state index contributed by atoms with van der Waals surface area (Å²) in [5, 5.41) is 3.27. The van der Waals surface area contributed by atoms with Crippen molar-refractivity contribution in [1.29, 1.82) is 0 Å². The Bertz CT molecular complexity index is 785. The van der Waals surface area contributed by atoms with Gasteiger partial charge in [-0.05, 0) is 49.7 Å². The normalized spacial score (nSPS) is 12.0. The Morgan fingerprint density at radius 1 is 0.957 bits per heavy atom. The summed E-state index contributed by atoms with van der Waals surface area (Å²) in [6, 6.07) is 13.7. The number of aryl methyl sites for hydroxylation is 2. The monoisotopic (exact) mass is 308 g/mol. The van der Waals surface area contributed by atoms with Gasteiger partial charge in [-0.2, -0.15) is 0 Å². The Morgan fingerprint density at radius 3 is 2.39 bits per heavy atom. The number of anilines is 1. The second kappa shape index (κ2) is 6.52. The molecule has 1 N–H and O–H groups in total. The molecule has 0 saturated heterocycles. The zero-order valence-electron chi connectivity index (χ0n) is 13.0. The second-order valence-corrected chi connectivity index (χ2v) is 5.36. The number of nitrogens with one attached hydrogen (secondary N) is 1. The molecule has 4 nitrogen and oxygen atoms in total. The minimum atomic E-state index is -0.326. The van der Waals surface area contributed by atoms with E-state index in [1.165, 1.54) is 12.1 Å². The van der Waals surface area contributed by atoms with Gasteiger partial charge >= 0.3 is 0 Å². The second-order valence-electron chi connectivity index (χ2n) is 5.36. The number of hydrogen-bond acceptors (Lipinski definition) is 4. The van der Waals surface area contributed by atoms with Crippen molar-refractivity contribution in [2.45, 2.75) is 19.9 Å². The fraction of sp³-hybridized carbons (Fsp3) is 0.167. The van der Waals surface area contributed by atoms with Gasteiger partial charge in [-0.3, -0.25) is 4.98 Å². The minimum absolute atomic E-state index is 0.286. The third kappa shape index (κ3) is 3.69. The fourth-order valence-electron chi connectivity index (χ4n) is 2.48. The van der Waals surface area contributed by atoms with Gasteiger partial charge in [-0.1, -0.05) is 18.2 Å². The van der Waals surface area contributed by atoms with Crippen molar-refractivity contribution in [3.8, 4) is 0 Å². The maximum Gasteiger partial charge on any atom is 0.223 e. The predicted molar refractivity (Wildman–Crippen MR) is 87.6 cm³/mol. The highest BCUT2D eigenvalue weighted by Gasteiger charge is 2.17. The summed E-state index contributed by atoms with van der Waals surface area (Å²) >= 11 is 0. The van der Waals surface area contributed by atoms with Crippen LogP contribution in [0.4, 0.5) is 10.3 Å². The van der Waals surface area contributed by atoms with Crippen molar-refractivity contribution in [2.24, 2.45) is 0 Å². The van der Waals surface area contributed by atoms with Crippen LogP contribution in [0.5, 0.6) is 0 Å². The molecule has 1 unspecified atom stereocenters. The van der Waals surface area contributed by atoms with Crippen LogP contribution in [-0.4, -0.2) is 15.0 Å². The molecule has 0 radical (unpaired) electrons. The Balaban J connectivity index is 2.02. The first kappa shape index (κ1) is 15.1. The molecule has 3 aromatic rings. The maximum absolute atomic E-state index is 13.6. The first-order valence-corrected chi connectivity index (χ1v) is 7.37. The molecule has 5 heteroatoms. The van der Waals surface area contributed by atoms with Crippen LogP contribution in [-0.2, 0) is 0 Å². The van der Waals surface area contributed by atoms with E-state index in [9.17, 15) is 4.39 Å². The standard InChI is InChI=1S/C18H17FN4/c1-12-10-13(2)22-18(21-12)23-17(16-8-3-4-9-20-16)14-6-5-7-15(19)11-14/h3-11,17H,1-2H3,(H,21,22,23). The van der Waals surface area contributed by atoms with Gasteiger partial charge < -0.3 is 5.32 Å². The molecule has 0 amide bonds. The van der Waals surface area contributed by atoms with E-state index in [0.29, 0.717) is 5.95 Å². The van der Waals surface area contributed by atoms with Crippen LogP contribution < -0.4 is 5.32 Å². The summed E-state index contributed by atoms with van der Waals surface area (Å²) in [5.41, 5.74) is 3.30. The van der Waals surface area contributed by atoms with Gasteiger partial charge in [-0.25, -0.2) is 14.4 Å². The van der Waals surface area contributed by atoms with E-state index in [0.717, 1.165) is 22.6 Å². The Kier molecular flexibility index (Phi) is 4.28. The molecule has 0 aliphatic carbocycles. The molecular weight excluding hydrogens is 291 g/mol. The summed E-state index contributed by atoms with van der Waals surface area (Å²) in [4.78, 5) is 13.2. The number of halogens is 1. The van der Waals surface area contributed by atoms with E-state index in [1.54, 1.807) is 12.3 Å². The smallest absolute Gasteiger partial charge is 0.223 e. The largest absolute Gasteiger partial charge is 0.342 e. The first-order valence-electron chi connectivity index (χ1n) is 7.37. The van der Waals surface area contributed by atoms with Crippen molar-refractivity contribution >= 4 is 5.95 Å². The van der Waals surface area contributed by atoms with Crippen LogP contribution in [0.3, 0.4) is 0 Å². The summed E-state index contributed by atoms with van der Waals surface area (Å²) in [6.45, 7) is 3.83. The van der Waals surface area contributed by atoms with E-state index < -0.39 is 0 Å². The molecular formula is C18H17FN4. The van der Waals surface area contributed by atoms with E-state index in [4.69, 9.17) is 0 Å². The van der Waals surface area contributed by atoms with E-state index in [2.05, 4.69) is 20.3 Å². The predicted octanol–water partition coefficient (Wildman–Crippen LogP) is 3.83. The Hall–Kier alpha value is -2.82. The Labute approximate surface area is 134 Å². The topological polar surface area (TPSA) is 50.7 Å². The number of aromatic nitrogens is 3. The van der Waals surface area contributed by atoms with Crippen molar-refractivity contribution in [3.63, 3.8) is 0 Å². The van der Waals surface area contributed by atoms with Crippen molar-refractivity contribution in [1.82, 2.24) is 15.0 Å². The van der Waals surface area contributed by atoms with Gasteiger partial charge in [0.1, 0.15) is 5.82 Å². The molecule has 0 fully saturated rings. The molecule has 2 aromatic heterocycles. The molecule has 23 heavy (non-hydrogen) atoms. The summed E-state index contributed by atoms with van der Waals surface area (Å²) in [6.07, 6.45) is 1.71. The van der Waals surface area contributed by atoms with Crippen LogP contribution in [0.2, 0.25) is 0 Å². The molecule has 2 heterocycles. The number of rotatable bonds is 4. The summed E-state index contributed by atoms with van der Waals surface area (Å²) in [5.74, 6) is 0.217. The van der Waals surface area contributed by atoms with Gasteiger partial charge in [0.15, 0.2) is 0 Å². The van der Waals surface area contributed by atoms with E-state index >= 15 is 0 Å². The molecule has 116 valence electrons. The average molecular weight is 308 g/mol. The third-order valence-corrected chi connectivity index (χ3v) is 3.42. The zero-order chi connectivity index (χ0) is 16.2. The van der Waals surface area contributed by atoms with E-state index in [-0.39, 0.29) is 11.9 Å². The molecule has 0 aliphatic rings. The lowest BCUT2D eigenvalue weighted by Crippen LogP contribution is -2.16. The molecule has 3 rings (SSSR count). The highest BCUT2D eigenvalue weighted by Crippen LogP contribution is 2.24. The van der Waals surface area contributed by atoms with Crippen LogP contribution in [0.15, 0.2) is 54.7 Å². The average Bonchev–Trinajstić information content (AvgIpc) is 2.52. The van der Waals surface area contributed by atoms with Gasteiger partial charge in [0.25, 0.3) is 0 Å². The third-order valence-electron chi connectivity index (χ3n) is 3.42. The molecule has 1 aromatic carbocycles. The lowest BCUT2D eigenvalue weighted by Gasteiger charge is -2.19. The van der Waals surface area contributed by atoms with Gasteiger partial charge in [0, 0.05) is 17.6 Å². The highest BCUT2D eigenvalue weighted by atomic mass is 19.1. The van der Waals surface area contributed by atoms with Crippen LogP contribution >= 0.6 is 0 Å². The van der Waals surface area contributed by atoms with Gasteiger partial charge in [0.05, 0.1) is 11.7 Å². The number of hydrogen-bond donors (Lipinski definition) is 1. The lowest BCUT2D eigenvalue weighted by atomic mass is 10.0. The van der Waals surface area contributed by atoms with Gasteiger partial charge in [0.2, 0.25) is 5.95 Å². The van der Waals surface area contributed by atoms with Crippen molar-refractivity contribution in [3.05, 3.63) is 83.2 Å². The number of pyridine rings is 1. The van der Waals surface area contributed by atoms with Crippen LogP contribution in [0.1, 0.15) is 28.7 Å². The molecule has 0 bridgehead atoms. The molecule has 0 spiro atoms. The van der Waals surface area contributed by atoms with Crippen molar-refractivity contribution in [2.75, 3.05) is 5.32 Å². The SMILES string of the molecule is Cc1cc(C)nc(NC(c2cccc(F)c2)c2ccccn2)n1. The van der Waals surface area contributed by atoms with Gasteiger partial charge in [-0.15, -0.1) is 0 Å². The summed E-state index contributed by atoms with van der Waals surface area (Å²) < 4.78 is 13.6. The maximum atomic E-state index is 13.6. The molecule has 0 aliphatic heterocycles. The summed E-state index contributed by atoms with van der Waals surface area (Å²) in [7, 11) is 0. The van der Waals surface area contributed by atoms with Crippen LogP contribution in [0.25, 0.3) is 0 Å². The Morgan fingerprint density at radius 2 is 1.74 bits per heavy atom. The lowest BCUT2D eigenvalue weighted by molar-refractivity contribution is 0.624. The number of benzene rings is 1. The van der Waals surface area contributed by atoms with Crippen LogP contribution in [0, 0.1) is 19.7 Å². The van der Waals surface area contributed by atoms with E-state index in [1.807, 2.05) is 44.2 Å². The quantitative estimate of drug-likeness (QED) is 0.796. The fourth-order valence-corrected chi connectivity index (χ4v) is 2.48. The van der Waals surface area contributed by atoms with Crippen molar-refractivity contribution < 1.29 is 4.39 Å². The molecule has 0 saturated carbocycles. The first-order chi connectivity index (χ1) is 11.1.